The second-order valence-corrected chi connectivity index (χ2v) is 6.05. The quantitative estimate of drug-likeness (QED) is 0.607. The van der Waals surface area contributed by atoms with Crippen molar-refractivity contribution >= 4 is 33.6 Å². The Morgan fingerprint density at radius 2 is 1.96 bits per heavy atom. The molecule has 0 aliphatic carbocycles. The first-order valence-electron chi connectivity index (χ1n) is 7.38. The lowest BCUT2D eigenvalue weighted by molar-refractivity contribution is -0.112. The minimum absolute atomic E-state index is 0.0625. The molecule has 1 heterocycles. The van der Waals surface area contributed by atoms with E-state index in [1.54, 1.807) is 30.3 Å². The van der Waals surface area contributed by atoms with Gasteiger partial charge in [-0.3, -0.25) is 4.79 Å². The van der Waals surface area contributed by atoms with Gasteiger partial charge < -0.3 is 19.9 Å². The number of carbonyl (C=O) groups excluding carboxylic acids is 1. The van der Waals surface area contributed by atoms with Gasteiger partial charge in [0.05, 0.1) is 4.47 Å². The number of fused-ring (bicyclic) bond motifs is 1. The van der Waals surface area contributed by atoms with Crippen LogP contribution in [0.15, 0.2) is 46.4 Å². The summed E-state index contributed by atoms with van der Waals surface area (Å²) >= 11 is 3.20. The number of amides is 1. The fourth-order valence-corrected chi connectivity index (χ4v) is 2.64. The highest BCUT2D eigenvalue weighted by Crippen LogP contribution is 2.32. The third kappa shape index (κ3) is 3.92. The van der Waals surface area contributed by atoms with Crippen molar-refractivity contribution in [2.75, 3.05) is 18.5 Å². The van der Waals surface area contributed by atoms with E-state index in [0.29, 0.717) is 40.4 Å². The van der Waals surface area contributed by atoms with Gasteiger partial charge in [0, 0.05) is 11.8 Å². The SMILES string of the molecule is N#C/C(=C\c1ccc(O)c(Br)c1)C(=O)Nc1ccc2c(c1)OCCO2. The van der Waals surface area contributed by atoms with Crippen LogP contribution < -0.4 is 14.8 Å². The van der Waals surface area contributed by atoms with Crippen molar-refractivity contribution in [1.82, 2.24) is 0 Å². The summed E-state index contributed by atoms with van der Waals surface area (Å²) in [6, 6.07) is 11.6. The largest absolute Gasteiger partial charge is 0.507 e. The minimum Gasteiger partial charge on any atom is -0.507 e. The predicted octanol–water partition coefficient (Wildman–Crippen LogP) is 3.47. The molecule has 1 aliphatic rings. The van der Waals surface area contributed by atoms with Crippen molar-refractivity contribution in [2.24, 2.45) is 0 Å². The molecule has 0 aromatic heterocycles. The fourth-order valence-electron chi connectivity index (χ4n) is 2.25. The lowest BCUT2D eigenvalue weighted by Crippen LogP contribution is -2.17. The number of nitrogens with zero attached hydrogens (tertiary/aromatic N) is 1. The molecule has 0 spiro atoms. The molecule has 2 N–H and O–H groups in total. The summed E-state index contributed by atoms with van der Waals surface area (Å²) in [5.74, 6) is 0.711. The van der Waals surface area contributed by atoms with Crippen LogP contribution in [0.1, 0.15) is 5.56 Å². The normalized spacial score (nSPS) is 13.0. The van der Waals surface area contributed by atoms with E-state index in [9.17, 15) is 15.2 Å². The highest BCUT2D eigenvalue weighted by molar-refractivity contribution is 9.10. The van der Waals surface area contributed by atoms with Crippen LogP contribution in [-0.4, -0.2) is 24.2 Å². The molecule has 6 nitrogen and oxygen atoms in total. The molecule has 126 valence electrons. The monoisotopic (exact) mass is 400 g/mol. The van der Waals surface area contributed by atoms with Crippen LogP contribution in [0.5, 0.6) is 17.2 Å². The Morgan fingerprint density at radius 3 is 2.68 bits per heavy atom. The van der Waals surface area contributed by atoms with E-state index < -0.39 is 5.91 Å². The van der Waals surface area contributed by atoms with Crippen molar-refractivity contribution in [3.63, 3.8) is 0 Å². The zero-order chi connectivity index (χ0) is 17.8. The molecule has 0 bridgehead atoms. The van der Waals surface area contributed by atoms with Gasteiger partial charge in [0.1, 0.15) is 30.6 Å². The van der Waals surface area contributed by atoms with Crippen molar-refractivity contribution in [1.29, 1.82) is 5.26 Å². The molecular formula is C18H13BrN2O4. The number of hydrogen-bond acceptors (Lipinski definition) is 5. The van der Waals surface area contributed by atoms with Gasteiger partial charge in [-0.1, -0.05) is 6.07 Å². The van der Waals surface area contributed by atoms with Crippen molar-refractivity contribution < 1.29 is 19.4 Å². The van der Waals surface area contributed by atoms with Crippen molar-refractivity contribution in [3.05, 3.63) is 52.0 Å². The molecule has 2 aromatic carbocycles. The number of carbonyl (C=O) groups is 1. The molecule has 0 saturated heterocycles. The minimum atomic E-state index is -0.539. The van der Waals surface area contributed by atoms with Crippen molar-refractivity contribution in [2.45, 2.75) is 0 Å². The molecule has 3 rings (SSSR count). The predicted molar refractivity (Wildman–Crippen MR) is 95.5 cm³/mol. The number of hydrogen-bond donors (Lipinski definition) is 2. The van der Waals surface area contributed by atoms with Gasteiger partial charge in [0.2, 0.25) is 0 Å². The van der Waals surface area contributed by atoms with Gasteiger partial charge in [-0.05, 0) is 51.8 Å². The van der Waals surface area contributed by atoms with Crippen LogP contribution in [-0.2, 0) is 4.79 Å². The number of ether oxygens (including phenoxy) is 2. The van der Waals surface area contributed by atoms with E-state index in [-0.39, 0.29) is 11.3 Å². The summed E-state index contributed by atoms with van der Waals surface area (Å²) in [5, 5.41) is 21.4. The summed E-state index contributed by atoms with van der Waals surface area (Å²) in [6.45, 7) is 0.936. The standard InChI is InChI=1S/C18H13BrN2O4/c19-14-8-11(1-3-15(14)22)7-12(10-20)18(23)21-13-2-4-16-17(9-13)25-6-5-24-16/h1-4,7-9,22H,5-6H2,(H,21,23)/b12-7+. The molecule has 0 fully saturated rings. The van der Waals surface area contributed by atoms with Crippen molar-refractivity contribution in [3.8, 4) is 23.3 Å². The summed E-state index contributed by atoms with van der Waals surface area (Å²) in [4.78, 5) is 12.3. The van der Waals surface area contributed by atoms with Gasteiger partial charge in [0.15, 0.2) is 11.5 Å². The van der Waals surface area contributed by atoms with E-state index in [0.717, 1.165) is 0 Å². The molecular weight excluding hydrogens is 388 g/mol. The first-order chi connectivity index (χ1) is 12.1. The molecule has 2 aromatic rings. The number of halogens is 1. The average molecular weight is 401 g/mol. The molecule has 0 unspecified atom stereocenters. The Labute approximate surface area is 152 Å². The van der Waals surface area contributed by atoms with Gasteiger partial charge >= 0.3 is 0 Å². The maximum absolute atomic E-state index is 12.3. The molecule has 1 amide bonds. The zero-order valence-electron chi connectivity index (χ0n) is 13.0. The summed E-state index contributed by atoms with van der Waals surface area (Å²) in [5.41, 5.74) is 1.05. The summed E-state index contributed by atoms with van der Waals surface area (Å²) in [7, 11) is 0. The van der Waals surface area contributed by atoms with Crippen LogP contribution in [0.2, 0.25) is 0 Å². The van der Waals surface area contributed by atoms with E-state index in [1.807, 2.05) is 6.07 Å². The Morgan fingerprint density at radius 1 is 1.20 bits per heavy atom. The number of phenols is 1. The zero-order valence-corrected chi connectivity index (χ0v) is 14.5. The summed E-state index contributed by atoms with van der Waals surface area (Å²) < 4.78 is 11.4. The Bertz CT molecular complexity index is 902. The number of aromatic hydroxyl groups is 1. The number of nitriles is 1. The lowest BCUT2D eigenvalue weighted by Gasteiger charge is -2.18. The Balaban J connectivity index is 1.79. The third-order valence-electron chi connectivity index (χ3n) is 3.45. The van der Waals surface area contributed by atoms with Crippen LogP contribution >= 0.6 is 15.9 Å². The molecule has 25 heavy (non-hydrogen) atoms. The van der Waals surface area contributed by atoms with Gasteiger partial charge in [0.25, 0.3) is 5.91 Å². The second kappa shape index (κ2) is 7.28. The highest BCUT2D eigenvalue weighted by Gasteiger charge is 2.14. The maximum atomic E-state index is 12.3. The smallest absolute Gasteiger partial charge is 0.266 e. The van der Waals surface area contributed by atoms with E-state index >= 15 is 0 Å². The van der Waals surface area contributed by atoms with Crippen LogP contribution in [0.3, 0.4) is 0 Å². The highest BCUT2D eigenvalue weighted by atomic mass is 79.9. The third-order valence-corrected chi connectivity index (χ3v) is 4.08. The lowest BCUT2D eigenvalue weighted by atomic mass is 10.1. The van der Waals surface area contributed by atoms with E-state index in [2.05, 4.69) is 21.2 Å². The molecule has 0 saturated carbocycles. The number of nitrogens with one attached hydrogen (secondary N) is 1. The molecule has 1 aliphatic heterocycles. The first kappa shape index (κ1) is 16.9. The fraction of sp³-hybridized carbons (Fsp3) is 0.111. The second-order valence-electron chi connectivity index (χ2n) is 5.19. The number of rotatable bonds is 3. The van der Waals surface area contributed by atoms with Gasteiger partial charge in [-0.2, -0.15) is 5.26 Å². The maximum Gasteiger partial charge on any atom is 0.266 e. The van der Waals surface area contributed by atoms with Gasteiger partial charge in [-0.15, -0.1) is 0 Å². The van der Waals surface area contributed by atoms with Gasteiger partial charge in [-0.25, -0.2) is 0 Å². The van der Waals surface area contributed by atoms with E-state index in [4.69, 9.17) is 9.47 Å². The average Bonchev–Trinajstić information content (AvgIpc) is 2.62. The number of phenolic OH excluding ortho intramolecular Hbond substituents is 1. The molecule has 0 radical (unpaired) electrons. The number of anilines is 1. The van der Waals surface area contributed by atoms with Crippen LogP contribution in [0, 0.1) is 11.3 Å². The van der Waals surface area contributed by atoms with Crippen LogP contribution in [0.25, 0.3) is 6.08 Å². The topological polar surface area (TPSA) is 91.6 Å². The van der Waals surface area contributed by atoms with E-state index in [1.165, 1.54) is 12.1 Å². The first-order valence-corrected chi connectivity index (χ1v) is 8.17. The van der Waals surface area contributed by atoms with Crippen LogP contribution in [0.4, 0.5) is 5.69 Å². The summed E-state index contributed by atoms with van der Waals surface area (Å²) in [6.07, 6.45) is 1.44. The Hall–Kier alpha value is -2.98. The molecule has 0 atom stereocenters. The number of benzene rings is 2. The molecule has 7 heteroatoms. The Kier molecular flexibility index (Phi) is 4.91.